The van der Waals surface area contributed by atoms with Gasteiger partial charge in [-0.3, -0.25) is 9.36 Å². The van der Waals surface area contributed by atoms with E-state index >= 15 is 0 Å². The van der Waals surface area contributed by atoms with E-state index in [1.165, 1.54) is 23.0 Å². The van der Waals surface area contributed by atoms with Crippen LogP contribution in [-0.2, 0) is 10.2 Å². The molecule has 2 aromatic heterocycles. The number of aromatic nitrogens is 3. The van der Waals surface area contributed by atoms with Gasteiger partial charge in [-0.1, -0.05) is 49.9 Å². The highest BCUT2D eigenvalue weighted by Crippen LogP contribution is 2.47. The molecule has 0 spiro atoms. The highest BCUT2D eigenvalue weighted by atomic mass is 32.2. The summed E-state index contributed by atoms with van der Waals surface area (Å²) in [4.78, 5) is 16.5. The lowest BCUT2D eigenvalue weighted by Crippen LogP contribution is -2.25. The summed E-state index contributed by atoms with van der Waals surface area (Å²) in [6.45, 7) is 6.34. The molecule has 1 fully saturated rings. The quantitative estimate of drug-likeness (QED) is 0.356. The first-order chi connectivity index (χ1) is 14.9. The number of benzene rings is 1. The second kappa shape index (κ2) is 7.64. The zero-order chi connectivity index (χ0) is 21.8. The van der Waals surface area contributed by atoms with Gasteiger partial charge in [0.15, 0.2) is 16.8 Å². The van der Waals surface area contributed by atoms with Crippen molar-refractivity contribution in [2.45, 2.75) is 55.5 Å². The van der Waals surface area contributed by atoms with Crippen LogP contribution in [0.15, 0.2) is 58.7 Å². The average Bonchev–Trinajstić information content (AvgIpc) is 3.21. The summed E-state index contributed by atoms with van der Waals surface area (Å²) in [6, 6.07) is 12.9. The fourth-order valence-corrected chi connectivity index (χ4v) is 5.96. The number of para-hydroxylation sites is 1. The largest absolute Gasteiger partial charge is 0.347 e. The number of thioether (sulfide) groups is 1. The molecule has 0 saturated heterocycles. The van der Waals surface area contributed by atoms with Crippen LogP contribution < -0.4 is 4.90 Å². The van der Waals surface area contributed by atoms with Crippen LogP contribution in [0.1, 0.15) is 45.2 Å². The Bertz CT molecular complexity index is 1160. The number of hydrogen-bond acceptors (Lipinski definition) is 6. The van der Waals surface area contributed by atoms with Gasteiger partial charge in [0.05, 0.1) is 10.1 Å². The van der Waals surface area contributed by atoms with Crippen molar-refractivity contribution in [3.05, 3.63) is 59.1 Å². The molecule has 3 aromatic rings. The van der Waals surface area contributed by atoms with Gasteiger partial charge in [-0.2, -0.15) is 0 Å². The normalized spacial score (nSPS) is 19.6. The molecule has 160 valence electrons. The Morgan fingerprint density at radius 2 is 2.00 bits per heavy atom. The van der Waals surface area contributed by atoms with E-state index in [2.05, 4.69) is 63.2 Å². The predicted octanol–water partition coefficient (Wildman–Crippen LogP) is 5.70. The smallest absolute Gasteiger partial charge is 0.192 e. The van der Waals surface area contributed by atoms with E-state index in [1.54, 1.807) is 11.3 Å². The van der Waals surface area contributed by atoms with Crippen molar-refractivity contribution in [3.8, 4) is 10.7 Å². The topological polar surface area (TPSA) is 51.0 Å². The molecule has 0 radical (unpaired) electrons. The molecule has 3 heterocycles. The van der Waals surface area contributed by atoms with E-state index in [9.17, 15) is 4.79 Å². The molecule has 0 N–H and O–H groups in total. The minimum absolute atomic E-state index is 0.107. The Labute approximate surface area is 191 Å². The Balaban J connectivity index is 1.40. The average molecular weight is 451 g/mol. The predicted molar refractivity (Wildman–Crippen MR) is 128 cm³/mol. The van der Waals surface area contributed by atoms with E-state index < -0.39 is 0 Å². The van der Waals surface area contributed by atoms with Gasteiger partial charge in [0.2, 0.25) is 0 Å². The summed E-state index contributed by atoms with van der Waals surface area (Å²) in [6.07, 6.45) is 4.12. The first-order valence-electron chi connectivity index (χ1n) is 10.6. The lowest BCUT2D eigenvalue weighted by atomic mass is 9.83. The number of hydrogen-bond donors (Lipinski definition) is 0. The summed E-state index contributed by atoms with van der Waals surface area (Å²) in [5.74, 6) is 1.03. The lowest BCUT2D eigenvalue weighted by molar-refractivity contribution is -0.114. The van der Waals surface area contributed by atoms with Crippen LogP contribution in [0, 0.1) is 0 Å². The number of carbonyl (C=O) groups excluding carboxylic acids is 1. The van der Waals surface area contributed by atoms with Crippen LogP contribution >= 0.6 is 23.1 Å². The van der Waals surface area contributed by atoms with Gasteiger partial charge in [0.1, 0.15) is 0 Å². The standard InChI is InChI=1S/C24H26N4OS2/c1-15(19(29)14-21-24(2,3)17-8-5-6-9-18(17)27(21)4)31-23-26-25-22(20-10-7-13-30-20)28(23)16-11-12-16/h5-10,13-16H,11-12H2,1-4H3/b21-14+. The zero-order valence-corrected chi connectivity index (χ0v) is 19.8. The summed E-state index contributed by atoms with van der Waals surface area (Å²) in [7, 11) is 2.04. The van der Waals surface area contributed by atoms with Gasteiger partial charge < -0.3 is 4.90 Å². The third-order valence-corrected chi connectivity index (χ3v) is 8.16. The van der Waals surface area contributed by atoms with Crippen molar-refractivity contribution in [3.63, 3.8) is 0 Å². The Morgan fingerprint density at radius 1 is 1.23 bits per heavy atom. The number of thiophene rings is 1. The number of rotatable bonds is 6. The molecular weight excluding hydrogens is 424 g/mol. The van der Waals surface area contributed by atoms with Crippen molar-refractivity contribution in [1.29, 1.82) is 0 Å². The Morgan fingerprint density at radius 3 is 2.68 bits per heavy atom. The molecule has 5 rings (SSSR count). The van der Waals surface area contributed by atoms with E-state index in [4.69, 9.17) is 0 Å². The molecule has 0 amide bonds. The number of ketones is 1. The number of anilines is 1. The number of allylic oxidation sites excluding steroid dienone is 2. The zero-order valence-electron chi connectivity index (χ0n) is 18.2. The molecule has 7 heteroatoms. The minimum atomic E-state index is -0.238. The van der Waals surface area contributed by atoms with Crippen molar-refractivity contribution in [2.24, 2.45) is 0 Å². The van der Waals surface area contributed by atoms with E-state index in [-0.39, 0.29) is 16.4 Å². The van der Waals surface area contributed by atoms with Crippen LogP contribution in [0.4, 0.5) is 5.69 Å². The van der Waals surface area contributed by atoms with E-state index in [0.29, 0.717) is 6.04 Å². The van der Waals surface area contributed by atoms with Crippen molar-refractivity contribution >= 4 is 34.6 Å². The minimum Gasteiger partial charge on any atom is -0.347 e. The van der Waals surface area contributed by atoms with Gasteiger partial charge in [0.25, 0.3) is 0 Å². The molecule has 1 atom stereocenters. The first kappa shape index (κ1) is 20.5. The summed E-state index contributed by atoms with van der Waals surface area (Å²) >= 11 is 3.19. The first-order valence-corrected chi connectivity index (χ1v) is 12.4. The summed E-state index contributed by atoms with van der Waals surface area (Å²) in [5.41, 5.74) is 3.26. The van der Waals surface area contributed by atoms with Gasteiger partial charge in [-0.25, -0.2) is 0 Å². The van der Waals surface area contributed by atoms with Crippen LogP contribution in [0.25, 0.3) is 10.7 Å². The third kappa shape index (κ3) is 3.53. The van der Waals surface area contributed by atoms with E-state index in [1.807, 2.05) is 32.2 Å². The fourth-order valence-electron chi connectivity index (χ4n) is 4.32. The molecule has 31 heavy (non-hydrogen) atoms. The van der Waals surface area contributed by atoms with Crippen LogP contribution in [0.2, 0.25) is 0 Å². The SMILES string of the molecule is CC(Sc1nnc(-c2cccs2)n1C1CC1)C(=O)/C=C1/N(C)c2ccccc2C1(C)C. The third-order valence-electron chi connectivity index (χ3n) is 6.22. The van der Waals surface area contributed by atoms with Crippen molar-refractivity contribution < 1.29 is 4.79 Å². The molecule has 1 saturated carbocycles. The van der Waals surface area contributed by atoms with Crippen molar-refractivity contribution in [2.75, 3.05) is 11.9 Å². The molecule has 1 aliphatic heterocycles. The molecule has 1 unspecified atom stereocenters. The van der Waals surface area contributed by atoms with Crippen LogP contribution in [0.5, 0.6) is 0 Å². The number of fused-ring (bicyclic) bond motifs is 1. The Kier molecular flexibility index (Phi) is 5.06. The monoisotopic (exact) mass is 450 g/mol. The van der Waals surface area contributed by atoms with Gasteiger partial charge in [0, 0.05) is 36.0 Å². The van der Waals surface area contributed by atoms with Crippen molar-refractivity contribution in [1.82, 2.24) is 14.8 Å². The number of carbonyl (C=O) groups is 1. The molecule has 1 aliphatic carbocycles. The summed E-state index contributed by atoms with van der Waals surface area (Å²) < 4.78 is 2.23. The summed E-state index contributed by atoms with van der Waals surface area (Å²) in [5, 5.41) is 11.6. The number of likely N-dealkylation sites (N-methyl/N-ethyl adjacent to an activating group) is 1. The lowest BCUT2D eigenvalue weighted by Gasteiger charge is -2.24. The second-order valence-electron chi connectivity index (χ2n) is 8.78. The molecule has 2 aliphatic rings. The highest BCUT2D eigenvalue weighted by Gasteiger charge is 2.39. The molecule has 0 bridgehead atoms. The molecule has 1 aromatic carbocycles. The van der Waals surface area contributed by atoms with E-state index in [0.717, 1.165) is 34.4 Å². The van der Waals surface area contributed by atoms with Crippen LogP contribution in [0.3, 0.4) is 0 Å². The highest BCUT2D eigenvalue weighted by molar-refractivity contribution is 8.00. The van der Waals surface area contributed by atoms with Crippen LogP contribution in [-0.4, -0.2) is 32.8 Å². The van der Waals surface area contributed by atoms with Gasteiger partial charge in [-0.15, -0.1) is 21.5 Å². The molecule has 5 nitrogen and oxygen atoms in total. The maximum absolute atomic E-state index is 13.2. The Hall–Kier alpha value is -2.38. The number of nitrogens with zero attached hydrogens (tertiary/aromatic N) is 4. The second-order valence-corrected chi connectivity index (χ2v) is 11.0. The molecular formula is C24H26N4OS2. The maximum atomic E-state index is 13.2. The van der Waals surface area contributed by atoms with Gasteiger partial charge in [-0.05, 0) is 42.8 Å². The maximum Gasteiger partial charge on any atom is 0.192 e. The fraction of sp³-hybridized carbons (Fsp3) is 0.375. The van der Waals surface area contributed by atoms with Gasteiger partial charge >= 0.3 is 0 Å².